The van der Waals surface area contributed by atoms with Gasteiger partial charge in [0, 0.05) is 12.6 Å². The molecule has 0 aromatic rings. The van der Waals surface area contributed by atoms with Gasteiger partial charge in [0.2, 0.25) is 0 Å². The Morgan fingerprint density at radius 2 is 2.26 bits per heavy atom. The monoisotopic (exact) mass is 269 g/mol. The molecular weight excluding hydrogens is 242 g/mol. The fourth-order valence-corrected chi connectivity index (χ4v) is 3.75. The maximum atomic E-state index is 11.8. The van der Waals surface area contributed by atoms with E-state index in [1.807, 2.05) is 6.92 Å². The summed E-state index contributed by atoms with van der Waals surface area (Å²) in [5.41, 5.74) is -0.621. The highest BCUT2D eigenvalue weighted by molar-refractivity contribution is 5.79. The molecule has 0 aromatic heterocycles. The van der Waals surface area contributed by atoms with E-state index in [-0.39, 0.29) is 6.10 Å². The minimum absolute atomic E-state index is 0.280. The Morgan fingerprint density at radius 3 is 2.84 bits per heavy atom. The largest absolute Gasteiger partial charge is 0.480 e. The average molecular weight is 269 g/mol. The topological polar surface area (TPSA) is 49.8 Å². The predicted octanol–water partition coefficient (Wildman–Crippen LogP) is 2.52. The average Bonchev–Trinajstić information content (AvgIpc) is 2.83. The van der Waals surface area contributed by atoms with Gasteiger partial charge in [0.05, 0.1) is 6.10 Å². The molecule has 2 fully saturated rings. The normalized spacial score (nSPS) is 36.8. The van der Waals surface area contributed by atoms with Crippen LogP contribution in [0.15, 0.2) is 0 Å². The molecule has 0 saturated carbocycles. The molecule has 0 radical (unpaired) electrons. The Balaban J connectivity index is 2.13. The zero-order valence-corrected chi connectivity index (χ0v) is 12.4. The van der Waals surface area contributed by atoms with E-state index < -0.39 is 11.5 Å². The van der Waals surface area contributed by atoms with E-state index in [1.165, 1.54) is 0 Å². The summed E-state index contributed by atoms with van der Waals surface area (Å²) in [6.07, 6.45) is 4.73. The molecule has 0 bridgehead atoms. The molecule has 2 saturated heterocycles. The summed E-state index contributed by atoms with van der Waals surface area (Å²) >= 11 is 0. The van der Waals surface area contributed by atoms with Crippen molar-refractivity contribution < 1.29 is 14.6 Å². The van der Waals surface area contributed by atoms with Crippen molar-refractivity contribution in [2.75, 3.05) is 13.2 Å². The van der Waals surface area contributed by atoms with Gasteiger partial charge in [-0.05, 0) is 44.6 Å². The number of ether oxygens (including phenoxy) is 1. The van der Waals surface area contributed by atoms with E-state index in [1.54, 1.807) is 0 Å². The van der Waals surface area contributed by atoms with Crippen LogP contribution in [0.2, 0.25) is 0 Å². The lowest BCUT2D eigenvalue weighted by molar-refractivity contribution is -0.154. The molecule has 2 heterocycles. The van der Waals surface area contributed by atoms with Crippen LogP contribution in [-0.2, 0) is 9.53 Å². The molecule has 2 aliphatic rings. The zero-order chi connectivity index (χ0) is 14.0. The smallest absolute Gasteiger partial charge is 0.324 e. The predicted molar refractivity (Wildman–Crippen MR) is 74.2 cm³/mol. The van der Waals surface area contributed by atoms with Gasteiger partial charge in [-0.2, -0.15) is 0 Å². The fourth-order valence-electron chi connectivity index (χ4n) is 3.75. The SMILES string of the molecule is CCC1(C(=O)O)CCCN1C1CCOC(C(C)C)C1. The molecule has 3 atom stereocenters. The highest BCUT2D eigenvalue weighted by atomic mass is 16.5. The van der Waals surface area contributed by atoms with Gasteiger partial charge in [-0.3, -0.25) is 9.69 Å². The molecule has 3 unspecified atom stereocenters. The summed E-state index contributed by atoms with van der Waals surface area (Å²) in [5, 5.41) is 9.67. The third kappa shape index (κ3) is 2.65. The molecule has 0 aromatic carbocycles. The number of nitrogens with zero attached hydrogens (tertiary/aromatic N) is 1. The summed E-state index contributed by atoms with van der Waals surface area (Å²) in [7, 11) is 0. The van der Waals surface area contributed by atoms with Crippen molar-refractivity contribution in [1.29, 1.82) is 0 Å². The summed E-state index contributed by atoms with van der Waals surface area (Å²) in [6, 6.07) is 0.375. The lowest BCUT2D eigenvalue weighted by atomic mass is 9.88. The highest BCUT2D eigenvalue weighted by Crippen LogP contribution is 2.38. The number of likely N-dealkylation sites (tertiary alicyclic amines) is 1. The van der Waals surface area contributed by atoms with Crippen LogP contribution < -0.4 is 0 Å². The number of carboxylic acids is 1. The lowest BCUT2D eigenvalue weighted by Gasteiger charge is -2.43. The van der Waals surface area contributed by atoms with Crippen molar-refractivity contribution in [2.24, 2.45) is 5.92 Å². The highest BCUT2D eigenvalue weighted by Gasteiger charge is 2.49. The first-order chi connectivity index (χ1) is 9.01. The summed E-state index contributed by atoms with van der Waals surface area (Å²) in [6.45, 7) is 8.06. The maximum absolute atomic E-state index is 11.8. The first-order valence-electron chi connectivity index (χ1n) is 7.63. The van der Waals surface area contributed by atoms with Gasteiger partial charge in [-0.15, -0.1) is 0 Å². The second-order valence-corrected chi connectivity index (χ2v) is 6.32. The van der Waals surface area contributed by atoms with Crippen LogP contribution in [0.25, 0.3) is 0 Å². The van der Waals surface area contributed by atoms with Crippen LogP contribution in [0.1, 0.15) is 52.9 Å². The minimum Gasteiger partial charge on any atom is -0.480 e. The van der Waals surface area contributed by atoms with Gasteiger partial charge in [0.1, 0.15) is 5.54 Å². The third-order valence-electron chi connectivity index (χ3n) is 4.99. The molecular formula is C15H27NO3. The number of hydrogen-bond acceptors (Lipinski definition) is 3. The maximum Gasteiger partial charge on any atom is 0.324 e. The Morgan fingerprint density at radius 1 is 1.53 bits per heavy atom. The number of rotatable bonds is 4. The van der Waals surface area contributed by atoms with Crippen molar-refractivity contribution in [3.05, 3.63) is 0 Å². The standard InChI is InChI=1S/C15H27NO3/c1-4-15(14(17)18)7-5-8-16(15)12-6-9-19-13(10-12)11(2)3/h11-13H,4-10H2,1-3H3,(H,17,18). The van der Waals surface area contributed by atoms with E-state index in [0.29, 0.717) is 18.4 Å². The third-order valence-corrected chi connectivity index (χ3v) is 4.99. The number of carbonyl (C=O) groups is 1. The molecule has 0 spiro atoms. The van der Waals surface area contributed by atoms with Crippen molar-refractivity contribution in [1.82, 2.24) is 4.90 Å². The molecule has 1 N–H and O–H groups in total. The van der Waals surface area contributed by atoms with E-state index >= 15 is 0 Å². The Hall–Kier alpha value is -0.610. The molecule has 19 heavy (non-hydrogen) atoms. The Bertz CT molecular complexity index is 331. The summed E-state index contributed by atoms with van der Waals surface area (Å²) < 4.78 is 5.82. The summed E-state index contributed by atoms with van der Waals surface area (Å²) in [5.74, 6) is -0.133. The van der Waals surface area contributed by atoms with Gasteiger partial charge >= 0.3 is 5.97 Å². The van der Waals surface area contributed by atoms with Crippen molar-refractivity contribution in [3.63, 3.8) is 0 Å². The van der Waals surface area contributed by atoms with E-state index in [0.717, 1.165) is 38.8 Å². The van der Waals surface area contributed by atoms with Gasteiger partial charge < -0.3 is 9.84 Å². The molecule has 0 aliphatic carbocycles. The van der Waals surface area contributed by atoms with Crippen molar-refractivity contribution >= 4 is 5.97 Å². The van der Waals surface area contributed by atoms with Crippen LogP contribution in [0.4, 0.5) is 0 Å². The molecule has 2 rings (SSSR count). The second kappa shape index (κ2) is 5.80. The van der Waals surface area contributed by atoms with Gasteiger partial charge in [-0.1, -0.05) is 20.8 Å². The number of carboxylic acid groups (broad SMARTS) is 1. The van der Waals surface area contributed by atoms with E-state index in [4.69, 9.17) is 4.74 Å². The molecule has 2 aliphatic heterocycles. The van der Waals surface area contributed by atoms with Crippen LogP contribution in [0, 0.1) is 5.92 Å². The van der Waals surface area contributed by atoms with Crippen LogP contribution in [0.5, 0.6) is 0 Å². The zero-order valence-electron chi connectivity index (χ0n) is 12.4. The van der Waals surface area contributed by atoms with E-state index in [2.05, 4.69) is 18.7 Å². The van der Waals surface area contributed by atoms with Crippen LogP contribution >= 0.6 is 0 Å². The van der Waals surface area contributed by atoms with Gasteiger partial charge in [0.25, 0.3) is 0 Å². The minimum atomic E-state index is -0.639. The summed E-state index contributed by atoms with van der Waals surface area (Å²) in [4.78, 5) is 14.0. The first-order valence-corrected chi connectivity index (χ1v) is 7.63. The van der Waals surface area contributed by atoms with Crippen molar-refractivity contribution in [3.8, 4) is 0 Å². The molecule has 0 amide bonds. The molecule has 4 nitrogen and oxygen atoms in total. The van der Waals surface area contributed by atoms with Gasteiger partial charge in [0.15, 0.2) is 0 Å². The first kappa shape index (κ1) is 14.8. The second-order valence-electron chi connectivity index (χ2n) is 6.32. The molecule has 110 valence electrons. The fraction of sp³-hybridized carbons (Fsp3) is 0.933. The van der Waals surface area contributed by atoms with Crippen molar-refractivity contribution in [2.45, 2.75) is 70.6 Å². The van der Waals surface area contributed by atoms with Crippen LogP contribution in [0.3, 0.4) is 0 Å². The lowest BCUT2D eigenvalue weighted by Crippen LogP contribution is -2.56. The Labute approximate surface area is 116 Å². The van der Waals surface area contributed by atoms with E-state index in [9.17, 15) is 9.90 Å². The number of hydrogen-bond donors (Lipinski definition) is 1. The van der Waals surface area contributed by atoms with Gasteiger partial charge in [-0.25, -0.2) is 0 Å². The van der Waals surface area contributed by atoms with Crippen LogP contribution in [-0.4, -0.2) is 46.8 Å². The number of aliphatic carboxylic acids is 1. The molecule has 4 heteroatoms. The Kier molecular flexibility index (Phi) is 4.51. The quantitative estimate of drug-likeness (QED) is 0.852.